The highest BCUT2D eigenvalue weighted by Gasteiger charge is 2.43. The van der Waals surface area contributed by atoms with Crippen molar-refractivity contribution in [2.24, 2.45) is 0 Å². The number of benzene rings is 3. The maximum atomic E-state index is 2.35. The van der Waals surface area contributed by atoms with Crippen LogP contribution < -0.4 is 15.9 Å². The van der Waals surface area contributed by atoms with Crippen molar-refractivity contribution in [2.75, 3.05) is 6.16 Å². The minimum Gasteiger partial charge on any atom is -0.107 e. The van der Waals surface area contributed by atoms with Gasteiger partial charge < -0.3 is 0 Å². The minimum absolute atomic E-state index is 0. The Morgan fingerprint density at radius 3 is 1.50 bits per heavy atom. The van der Waals surface area contributed by atoms with Crippen LogP contribution >= 0.6 is 31.2 Å². The van der Waals surface area contributed by atoms with Crippen LogP contribution in [0.15, 0.2) is 139 Å². The van der Waals surface area contributed by atoms with Gasteiger partial charge in [0.25, 0.3) is 0 Å². The van der Waals surface area contributed by atoms with Crippen LogP contribution in [0.2, 0.25) is 0 Å². The molecule has 150 valence electrons. The molecule has 0 radical (unpaired) electrons. The van der Waals surface area contributed by atoms with E-state index in [0.717, 1.165) is 12.6 Å². The van der Waals surface area contributed by atoms with Crippen LogP contribution in [0.4, 0.5) is 0 Å². The second-order valence-corrected chi connectivity index (χ2v) is 10.7. The molecule has 0 atom stereocenters. The van der Waals surface area contributed by atoms with E-state index in [1.54, 1.807) is 0 Å². The first-order valence-electron chi connectivity index (χ1n) is 10.1. The van der Waals surface area contributed by atoms with Crippen molar-refractivity contribution in [2.45, 2.75) is 6.42 Å². The van der Waals surface area contributed by atoms with Crippen molar-refractivity contribution in [3.05, 3.63) is 139 Å². The molecule has 0 saturated heterocycles. The van der Waals surface area contributed by atoms with Gasteiger partial charge in [-0.15, -0.1) is 24.0 Å². The molecule has 2 heteroatoms. The molecule has 0 aliphatic heterocycles. The lowest BCUT2D eigenvalue weighted by Crippen LogP contribution is -2.32. The molecule has 0 fully saturated rings. The Hall–Kier alpha value is -2.22. The summed E-state index contributed by atoms with van der Waals surface area (Å²) >= 11 is 0. The van der Waals surface area contributed by atoms with Gasteiger partial charge in [0, 0.05) is 0 Å². The van der Waals surface area contributed by atoms with Gasteiger partial charge in [-0.25, -0.2) is 0 Å². The second-order valence-electron chi connectivity index (χ2n) is 7.13. The maximum absolute atomic E-state index is 2.35. The van der Waals surface area contributed by atoms with Crippen molar-refractivity contribution >= 4 is 47.2 Å². The van der Waals surface area contributed by atoms with Gasteiger partial charge >= 0.3 is 0 Å². The highest BCUT2D eigenvalue weighted by Crippen LogP contribution is 2.55. The van der Waals surface area contributed by atoms with E-state index in [2.05, 4.69) is 134 Å². The van der Waals surface area contributed by atoms with E-state index >= 15 is 0 Å². The fourth-order valence-corrected chi connectivity index (χ4v) is 7.87. The molecule has 0 spiro atoms. The molecule has 30 heavy (non-hydrogen) atoms. The predicted molar refractivity (Wildman–Crippen MR) is 146 cm³/mol. The molecule has 0 aromatic heterocycles. The fraction of sp³-hybridized carbons (Fsp3) is 0.0714. The van der Waals surface area contributed by atoms with Crippen LogP contribution in [0.3, 0.4) is 0 Å². The van der Waals surface area contributed by atoms with Gasteiger partial charge in [-0.05, 0) is 54.5 Å². The average molecular weight is 521 g/mol. The van der Waals surface area contributed by atoms with Crippen LogP contribution in [0.5, 0.6) is 0 Å². The van der Waals surface area contributed by atoms with E-state index in [9.17, 15) is 0 Å². The molecule has 3 aromatic rings. The molecule has 0 bridgehead atoms. The molecule has 0 N–H and O–H groups in total. The normalized spacial score (nSPS) is 13.3. The largest absolute Gasteiger partial charge is 0.115 e. The van der Waals surface area contributed by atoms with E-state index in [1.807, 2.05) is 0 Å². The van der Waals surface area contributed by atoms with Crippen molar-refractivity contribution in [1.82, 2.24) is 0 Å². The first-order chi connectivity index (χ1) is 14.4. The fourth-order valence-electron chi connectivity index (χ4n) is 3.86. The molecule has 3 aromatic carbocycles. The number of halogens is 1. The molecule has 4 rings (SSSR count). The standard InChI is InChI=1S/C28H26P.HI/c1-5-15-25(16-6-1)17-13-14-24-29(26-18-7-2-8-19-26,27-20-9-3-10-21-27)28-22-11-4-12-23-28;/h2-23H,1,24H2;1H/q+1;. The van der Waals surface area contributed by atoms with Gasteiger partial charge in [0.2, 0.25) is 0 Å². The number of hydrogen-bond donors (Lipinski definition) is 0. The predicted octanol–water partition coefficient (Wildman–Crippen LogP) is 6.60. The first-order valence-corrected chi connectivity index (χ1v) is 12.1. The summed E-state index contributed by atoms with van der Waals surface area (Å²) in [6, 6.07) is 33.1. The SMILES string of the molecule is C(=CC[P+](c1ccccc1)(c1ccccc1)c1ccccc1)C=C1C=CCC=C1.I. The third kappa shape index (κ3) is 5.09. The molecule has 1 aliphatic carbocycles. The van der Waals surface area contributed by atoms with Crippen molar-refractivity contribution in [3.8, 4) is 0 Å². The molecule has 0 unspecified atom stereocenters. The zero-order valence-electron chi connectivity index (χ0n) is 17.0. The zero-order chi connectivity index (χ0) is 19.8. The molecule has 0 saturated carbocycles. The highest BCUT2D eigenvalue weighted by molar-refractivity contribution is 14.0. The van der Waals surface area contributed by atoms with Crippen LogP contribution in [0.1, 0.15) is 6.42 Å². The summed E-state index contributed by atoms with van der Waals surface area (Å²) in [5.41, 5.74) is 1.26. The number of rotatable bonds is 6. The maximum Gasteiger partial charge on any atom is 0.115 e. The van der Waals surface area contributed by atoms with Gasteiger partial charge in [-0.1, -0.05) is 91.1 Å². The first kappa shape index (κ1) is 22.5. The Morgan fingerprint density at radius 2 is 1.07 bits per heavy atom. The van der Waals surface area contributed by atoms with Crippen molar-refractivity contribution < 1.29 is 0 Å². The highest BCUT2D eigenvalue weighted by atomic mass is 127. The summed E-state index contributed by atoms with van der Waals surface area (Å²) in [7, 11) is -1.78. The third-order valence-electron chi connectivity index (χ3n) is 5.29. The Kier molecular flexibility index (Phi) is 8.42. The van der Waals surface area contributed by atoms with Crippen molar-refractivity contribution in [1.29, 1.82) is 0 Å². The lowest BCUT2D eigenvalue weighted by Gasteiger charge is -2.26. The lowest BCUT2D eigenvalue weighted by molar-refractivity contribution is 1.34. The number of hydrogen-bond acceptors (Lipinski definition) is 0. The Morgan fingerprint density at radius 1 is 0.633 bits per heavy atom. The third-order valence-corrected chi connectivity index (χ3v) is 9.59. The second kappa shape index (κ2) is 11.2. The molecule has 1 aliphatic rings. The van der Waals surface area contributed by atoms with Crippen LogP contribution in [0, 0.1) is 0 Å². The molecular weight excluding hydrogens is 494 g/mol. The summed E-state index contributed by atoms with van der Waals surface area (Å²) in [6.45, 7) is 0. The minimum atomic E-state index is -1.78. The van der Waals surface area contributed by atoms with Crippen LogP contribution in [-0.4, -0.2) is 6.16 Å². The Labute approximate surface area is 198 Å². The zero-order valence-corrected chi connectivity index (χ0v) is 20.2. The van der Waals surface area contributed by atoms with E-state index in [1.165, 1.54) is 21.5 Å². The van der Waals surface area contributed by atoms with Crippen LogP contribution in [-0.2, 0) is 0 Å². The van der Waals surface area contributed by atoms with Gasteiger partial charge in [0.05, 0.1) is 6.16 Å². The Balaban J connectivity index is 0.00000256. The average Bonchev–Trinajstić information content (AvgIpc) is 2.82. The van der Waals surface area contributed by atoms with Gasteiger partial charge in [0.15, 0.2) is 0 Å². The topological polar surface area (TPSA) is 0 Å². The Bertz CT molecular complexity index is 921. The van der Waals surface area contributed by atoms with Gasteiger partial charge in [-0.3, -0.25) is 0 Å². The smallest absolute Gasteiger partial charge is 0.107 e. The van der Waals surface area contributed by atoms with E-state index in [-0.39, 0.29) is 24.0 Å². The number of allylic oxidation sites excluding steroid dienone is 8. The van der Waals surface area contributed by atoms with E-state index in [0.29, 0.717) is 0 Å². The van der Waals surface area contributed by atoms with Gasteiger partial charge in [0.1, 0.15) is 23.2 Å². The molecule has 0 heterocycles. The van der Waals surface area contributed by atoms with E-state index in [4.69, 9.17) is 0 Å². The summed E-state index contributed by atoms with van der Waals surface area (Å²) in [4.78, 5) is 0. The van der Waals surface area contributed by atoms with Gasteiger partial charge in [-0.2, -0.15) is 0 Å². The molecular formula is C28H27IP+. The lowest BCUT2D eigenvalue weighted by atomic mass is 10.1. The van der Waals surface area contributed by atoms with Crippen molar-refractivity contribution in [3.63, 3.8) is 0 Å². The monoisotopic (exact) mass is 521 g/mol. The van der Waals surface area contributed by atoms with E-state index < -0.39 is 7.26 Å². The summed E-state index contributed by atoms with van der Waals surface area (Å²) < 4.78 is 0. The quantitative estimate of drug-likeness (QED) is 0.254. The summed E-state index contributed by atoms with van der Waals surface area (Å²) in [5, 5.41) is 4.27. The van der Waals surface area contributed by atoms with Crippen LogP contribution in [0.25, 0.3) is 0 Å². The summed E-state index contributed by atoms with van der Waals surface area (Å²) in [6.07, 6.45) is 17.6. The summed E-state index contributed by atoms with van der Waals surface area (Å²) in [5.74, 6) is 0. The molecule has 0 amide bonds. The molecule has 0 nitrogen and oxygen atoms in total.